The van der Waals surface area contributed by atoms with Crippen LogP contribution in [0.4, 0.5) is 0 Å². The maximum absolute atomic E-state index is 13.3. The fourth-order valence-electron chi connectivity index (χ4n) is 6.19. The topological polar surface area (TPSA) is 193 Å². The monoisotopic (exact) mass is 704 g/mol. The lowest BCUT2D eigenvalue weighted by atomic mass is 9.99. The molecule has 264 valence electrons. The molecular weight excluding hydrogens is 672 g/mol. The number of imide groups is 2. The van der Waals surface area contributed by atoms with Crippen LogP contribution in [0.5, 0.6) is 5.75 Å². The van der Waals surface area contributed by atoms with E-state index in [0.717, 1.165) is 10.5 Å². The van der Waals surface area contributed by atoms with E-state index in [9.17, 15) is 28.8 Å². The summed E-state index contributed by atoms with van der Waals surface area (Å²) in [6.45, 7) is 0.917. The van der Waals surface area contributed by atoms with Gasteiger partial charge in [-0.3, -0.25) is 39.0 Å². The minimum Gasteiger partial charge on any atom is -0.490 e. The van der Waals surface area contributed by atoms with E-state index in [4.69, 9.17) is 13.9 Å². The van der Waals surface area contributed by atoms with Crippen LogP contribution >= 0.6 is 0 Å². The number of hydrogen-bond acceptors (Lipinski definition) is 12. The summed E-state index contributed by atoms with van der Waals surface area (Å²) in [7, 11) is 1.54. The smallest absolute Gasteiger partial charge is 0.266 e. The second-order valence-electron chi connectivity index (χ2n) is 12.3. The van der Waals surface area contributed by atoms with Gasteiger partial charge in [-0.05, 0) is 66.8 Å². The highest BCUT2D eigenvalue weighted by Gasteiger charge is 2.45. The molecule has 2 aliphatic rings. The molecule has 0 spiro atoms. The normalized spacial score (nSPS) is 15.6. The van der Waals surface area contributed by atoms with Crippen LogP contribution in [-0.4, -0.2) is 79.9 Å². The van der Waals surface area contributed by atoms with Gasteiger partial charge in [0.25, 0.3) is 17.4 Å². The molecule has 1 N–H and O–H groups in total. The Hall–Kier alpha value is -6.35. The lowest BCUT2D eigenvalue weighted by Crippen LogP contribution is -2.54. The molecule has 1 saturated heterocycles. The molecule has 4 amide bonds. The van der Waals surface area contributed by atoms with E-state index in [-0.39, 0.29) is 59.9 Å². The molecule has 2 aliphatic heterocycles. The summed E-state index contributed by atoms with van der Waals surface area (Å²) in [5.74, 6) is -1.56. The zero-order chi connectivity index (χ0) is 36.4. The number of fused-ring (bicyclic) bond motifs is 2. The van der Waals surface area contributed by atoms with Crippen LogP contribution in [0.25, 0.3) is 22.7 Å². The van der Waals surface area contributed by atoms with Crippen molar-refractivity contribution in [2.45, 2.75) is 38.1 Å². The highest BCUT2D eigenvalue weighted by Crippen LogP contribution is 2.30. The van der Waals surface area contributed by atoms with Gasteiger partial charge in [-0.25, -0.2) is 14.6 Å². The van der Waals surface area contributed by atoms with Crippen molar-refractivity contribution >= 4 is 40.5 Å². The molecule has 0 bridgehead atoms. The van der Waals surface area contributed by atoms with Crippen molar-refractivity contribution in [1.82, 2.24) is 30.0 Å². The number of nitrogens with zero attached hydrogens (tertiary/aromatic N) is 5. The molecule has 2 aromatic carbocycles. The molecule has 0 radical (unpaired) electrons. The number of nitrogens with one attached hydrogen (secondary N) is 1. The van der Waals surface area contributed by atoms with E-state index in [1.807, 2.05) is 0 Å². The fraction of sp³-hybridized carbons (Fsp3) is 0.270. The van der Waals surface area contributed by atoms with E-state index in [2.05, 4.69) is 20.4 Å². The number of Topliss-reactive ketones (excluding diaryl/α,β-unsaturated/α-hetero) is 1. The second kappa shape index (κ2) is 14.5. The number of piperidine rings is 1. The van der Waals surface area contributed by atoms with Crippen LogP contribution in [0.1, 0.15) is 61.6 Å². The Morgan fingerprint density at radius 1 is 0.981 bits per heavy atom. The van der Waals surface area contributed by atoms with Gasteiger partial charge in [0.05, 0.1) is 23.9 Å². The first-order valence-corrected chi connectivity index (χ1v) is 16.6. The number of benzene rings is 2. The third-order valence-corrected chi connectivity index (χ3v) is 8.80. The van der Waals surface area contributed by atoms with E-state index in [0.29, 0.717) is 54.2 Å². The predicted molar refractivity (Wildman–Crippen MR) is 183 cm³/mol. The Labute approximate surface area is 295 Å². The van der Waals surface area contributed by atoms with E-state index in [1.54, 1.807) is 61.6 Å². The van der Waals surface area contributed by atoms with Crippen LogP contribution < -0.4 is 15.6 Å². The number of hydrogen-bond donors (Lipinski definition) is 1. The van der Waals surface area contributed by atoms with Crippen LogP contribution in [-0.2, 0) is 34.2 Å². The summed E-state index contributed by atoms with van der Waals surface area (Å²) >= 11 is 0. The van der Waals surface area contributed by atoms with E-state index >= 15 is 0 Å². The van der Waals surface area contributed by atoms with Gasteiger partial charge in [-0.15, -0.1) is 0 Å². The van der Waals surface area contributed by atoms with Gasteiger partial charge in [-0.2, -0.15) is 5.10 Å². The molecule has 0 saturated carbocycles. The lowest BCUT2D eigenvalue weighted by Gasteiger charge is -2.27. The SMILES string of the molecule is Cn1nc(-c2nc3cc(CC(=O)c4ccc(OCCOCCCc5cccc6c5C(=O)N(C5CCC(=O)NC5=O)C6=O)cn4)ccc3o2)ccc1=O. The highest BCUT2D eigenvalue weighted by atomic mass is 16.5. The minimum atomic E-state index is -1.01. The summed E-state index contributed by atoms with van der Waals surface area (Å²) in [6, 6.07) is 15.5. The minimum absolute atomic E-state index is 0.0613. The number of ketones is 1. The number of aryl methyl sites for hydroxylation is 2. The van der Waals surface area contributed by atoms with Crippen molar-refractivity contribution in [2.75, 3.05) is 19.8 Å². The number of carbonyl (C=O) groups is 5. The third-order valence-electron chi connectivity index (χ3n) is 8.80. The molecule has 3 aromatic heterocycles. The molecule has 1 unspecified atom stereocenters. The molecule has 0 aliphatic carbocycles. The first-order valence-electron chi connectivity index (χ1n) is 16.6. The van der Waals surface area contributed by atoms with Crippen LogP contribution in [0.15, 0.2) is 76.1 Å². The molecule has 1 fully saturated rings. The Balaban J connectivity index is 0.852. The lowest BCUT2D eigenvalue weighted by molar-refractivity contribution is -0.136. The highest BCUT2D eigenvalue weighted by molar-refractivity contribution is 6.24. The van der Waals surface area contributed by atoms with Gasteiger partial charge in [-0.1, -0.05) is 18.2 Å². The number of oxazole rings is 1. The van der Waals surface area contributed by atoms with Gasteiger partial charge in [0, 0.05) is 32.6 Å². The zero-order valence-corrected chi connectivity index (χ0v) is 28.0. The number of rotatable bonds is 13. The van der Waals surface area contributed by atoms with Gasteiger partial charge in [0.2, 0.25) is 17.7 Å². The Morgan fingerprint density at radius 3 is 2.63 bits per heavy atom. The van der Waals surface area contributed by atoms with Crippen molar-refractivity contribution in [3.8, 4) is 17.3 Å². The molecule has 5 aromatic rings. The molecule has 7 rings (SSSR count). The quantitative estimate of drug-likeness (QED) is 0.107. The molecule has 52 heavy (non-hydrogen) atoms. The number of pyridine rings is 1. The molecule has 5 heterocycles. The summed E-state index contributed by atoms with van der Waals surface area (Å²) in [5, 5.41) is 6.37. The Kier molecular flexibility index (Phi) is 9.50. The van der Waals surface area contributed by atoms with Crippen LogP contribution in [0.2, 0.25) is 0 Å². The maximum atomic E-state index is 13.3. The fourth-order valence-corrected chi connectivity index (χ4v) is 6.19. The van der Waals surface area contributed by atoms with Gasteiger partial charge < -0.3 is 13.9 Å². The van der Waals surface area contributed by atoms with Gasteiger partial charge in [0.1, 0.15) is 35.3 Å². The molecular formula is C37H32N6O9. The van der Waals surface area contributed by atoms with Crippen molar-refractivity contribution < 1.29 is 37.9 Å². The average molecular weight is 705 g/mol. The van der Waals surface area contributed by atoms with E-state index < -0.39 is 29.7 Å². The Bertz CT molecular complexity index is 2300. The first kappa shape index (κ1) is 34.1. The summed E-state index contributed by atoms with van der Waals surface area (Å²) in [6.07, 6.45) is 2.80. The van der Waals surface area contributed by atoms with Crippen LogP contribution in [0, 0.1) is 0 Å². The van der Waals surface area contributed by atoms with Gasteiger partial charge >= 0.3 is 0 Å². The van der Waals surface area contributed by atoms with Crippen LogP contribution in [0.3, 0.4) is 0 Å². The van der Waals surface area contributed by atoms with Crippen molar-refractivity contribution in [2.24, 2.45) is 7.05 Å². The molecule has 15 heteroatoms. The summed E-state index contributed by atoms with van der Waals surface area (Å²) < 4.78 is 18.4. The average Bonchev–Trinajstić information content (AvgIpc) is 3.67. The number of carbonyl (C=O) groups excluding carboxylic acids is 5. The maximum Gasteiger partial charge on any atom is 0.266 e. The standard InChI is InChI=1S/C37H32N6O9/c1-42-32(46)14-10-26(41-42)35-39-27-18-21(7-12-30(27)52-35)19-29(44)25-9-8-23(20-38-25)51-17-16-50-15-3-5-22-4-2-6-24-33(22)37(49)43(36(24)48)28-11-13-31(45)40-34(28)47/h2,4,6-10,12,14,18,20,28H,3,5,11,13,15-17,19H2,1H3,(H,40,45,47). The predicted octanol–water partition coefficient (Wildman–Crippen LogP) is 2.84. The van der Waals surface area contributed by atoms with Crippen molar-refractivity contribution in [3.63, 3.8) is 0 Å². The largest absolute Gasteiger partial charge is 0.490 e. The zero-order valence-electron chi connectivity index (χ0n) is 28.0. The second-order valence-corrected chi connectivity index (χ2v) is 12.3. The molecule has 15 nitrogen and oxygen atoms in total. The number of ether oxygens (including phenoxy) is 2. The Morgan fingerprint density at radius 2 is 1.85 bits per heavy atom. The van der Waals surface area contributed by atoms with Gasteiger partial charge in [0.15, 0.2) is 11.4 Å². The number of aromatic nitrogens is 4. The summed E-state index contributed by atoms with van der Waals surface area (Å²) in [5.41, 5.74) is 3.50. The number of amides is 4. The third kappa shape index (κ3) is 6.98. The van der Waals surface area contributed by atoms with Crippen molar-refractivity contribution in [3.05, 3.63) is 105 Å². The first-order chi connectivity index (χ1) is 25.2. The van der Waals surface area contributed by atoms with Crippen molar-refractivity contribution in [1.29, 1.82) is 0 Å². The van der Waals surface area contributed by atoms with E-state index in [1.165, 1.54) is 16.9 Å². The molecule has 1 atom stereocenters. The summed E-state index contributed by atoms with van der Waals surface area (Å²) in [4.78, 5) is 84.5.